The summed E-state index contributed by atoms with van der Waals surface area (Å²) in [6.45, 7) is 0.159. The number of rotatable bonds is 7. The second kappa shape index (κ2) is 9.77. The van der Waals surface area contributed by atoms with Crippen molar-refractivity contribution in [3.8, 4) is 11.5 Å². The molecule has 0 saturated heterocycles. The van der Waals surface area contributed by atoms with Gasteiger partial charge >= 0.3 is 5.97 Å². The molecule has 3 aromatic rings. The standard InChI is InChI=1S/C21H16F3N3O5/c1-11-19(27-20(32-11)12-5-3-2-4-6-12)21(30)31-10-16(29)25-9-15(28)26-14-8-7-13(22)17(23)18(14)24/h2-8H,9-10H2,1H3,(H,25,29)(H,26,28). The number of benzene rings is 2. The van der Waals surface area contributed by atoms with Gasteiger partial charge in [0.05, 0.1) is 12.2 Å². The van der Waals surface area contributed by atoms with E-state index in [2.05, 4.69) is 10.3 Å². The number of nitrogens with one attached hydrogen (secondary N) is 2. The van der Waals surface area contributed by atoms with Gasteiger partial charge in [-0.3, -0.25) is 9.59 Å². The average Bonchev–Trinajstić information content (AvgIpc) is 3.18. The minimum Gasteiger partial charge on any atom is -0.451 e. The first kappa shape index (κ1) is 22.5. The van der Waals surface area contributed by atoms with E-state index in [1.54, 1.807) is 24.3 Å². The van der Waals surface area contributed by atoms with E-state index in [4.69, 9.17) is 9.15 Å². The zero-order valence-electron chi connectivity index (χ0n) is 16.6. The topological polar surface area (TPSA) is 111 Å². The molecule has 0 aliphatic rings. The Morgan fingerprint density at radius 3 is 2.44 bits per heavy atom. The zero-order chi connectivity index (χ0) is 23.3. The number of oxazole rings is 1. The first-order chi connectivity index (χ1) is 15.3. The van der Waals surface area contributed by atoms with Crippen LogP contribution in [0, 0.1) is 24.4 Å². The lowest BCUT2D eigenvalue weighted by Crippen LogP contribution is -2.35. The molecule has 0 spiro atoms. The van der Waals surface area contributed by atoms with E-state index in [0.29, 0.717) is 11.6 Å². The fourth-order valence-electron chi connectivity index (χ4n) is 2.54. The second-order valence-electron chi connectivity index (χ2n) is 6.41. The van der Waals surface area contributed by atoms with Gasteiger partial charge in [-0.05, 0) is 31.2 Å². The summed E-state index contributed by atoms with van der Waals surface area (Å²) >= 11 is 0. The Balaban J connectivity index is 1.49. The molecule has 0 atom stereocenters. The summed E-state index contributed by atoms with van der Waals surface area (Å²) in [5.74, 6) is -6.96. The van der Waals surface area contributed by atoms with Crippen molar-refractivity contribution >= 4 is 23.5 Å². The maximum atomic E-state index is 13.5. The van der Waals surface area contributed by atoms with Crippen molar-refractivity contribution in [2.24, 2.45) is 0 Å². The molecule has 166 valence electrons. The molecule has 8 nitrogen and oxygen atoms in total. The van der Waals surface area contributed by atoms with Crippen molar-refractivity contribution in [2.45, 2.75) is 6.92 Å². The van der Waals surface area contributed by atoms with Crippen LogP contribution in [0.5, 0.6) is 0 Å². The summed E-state index contributed by atoms with van der Waals surface area (Å²) in [5.41, 5.74) is -0.0515. The molecule has 0 aliphatic carbocycles. The van der Waals surface area contributed by atoms with Gasteiger partial charge in [0.25, 0.3) is 5.91 Å². The Labute approximate surface area is 179 Å². The molecular formula is C21H16F3N3O5. The maximum Gasteiger partial charge on any atom is 0.361 e. The number of carbonyl (C=O) groups is 3. The van der Waals surface area contributed by atoms with Crippen molar-refractivity contribution < 1.29 is 36.7 Å². The van der Waals surface area contributed by atoms with Crippen molar-refractivity contribution in [3.05, 3.63) is 71.4 Å². The molecule has 0 bridgehead atoms. The number of nitrogens with zero attached hydrogens (tertiary/aromatic N) is 1. The van der Waals surface area contributed by atoms with Crippen molar-refractivity contribution in [3.63, 3.8) is 0 Å². The molecule has 2 amide bonds. The molecule has 0 radical (unpaired) electrons. The molecule has 0 aliphatic heterocycles. The highest BCUT2D eigenvalue weighted by Gasteiger charge is 2.21. The van der Waals surface area contributed by atoms with Crippen LogP contribution in [0.1, 0.15) is 16.2 Å². The number of esters is 1. The summed E-state index contributed by atoms with van der Waals surface area (Å²) in [5, 5.41) is 4.12. The number of aryl methyl sites for hydroxylation is 1. The Morgan fingerprint density at radius 2 is 1.72 bits per heavy atom. The third-order valence-corrected chi connectivity index (χ3v) is 4.10. The van der Waals surface area contributed by atoms with Gasteiger partial charge in [-0.15, -0.1) is 0 Å². The zero-order valence-corrected chi connectivity index (χ0v) is 16.6. The number of ether oxygens (including phenoxy) is 1. The predicted octanol–water partition coefficient (Wildman–Crippen LogP) is 2.98. The van der Waals surface area contributed by atoms with E-state index in [9.17, 15) is 27.6 Å². The summed E-state index contributed by atoms with van der Waals surface area (Å²) in [6, 6.07) is 10.3. The van der Waals surface area contributed by atoms with Crippen molar-refractivity contribution in [1.29, 1.82) is 0 Å². The van der Waals surface area contributed by atoms with Gasteiger partial charge in [0.15, 0.2) is 29.8 Å². The van der Waals surface area contributed by atoms with Gasteiger partial charge in [0, 0.05) is 5.56 Å². The van der Waals surface area contributed by atoms with E-state index in [1.807, 2.05) is 11.4 Å². The minimum atomic E-state index is -1.74. The van der Waals surface area contributed by atoms with Crippen LogP contribution in [0.3, 0.4) is 0 Å². The smallest absolute Gasteiger partial charge is 0.361 e. The fraction of sp³-hybridized carbons (Fsp3) is 0.143. The van der Waals surface area contributed by atoms with Crippen LogP contribution in [0.15, 0.2) is 46.9 Å². The average molecular weight is 447 g/mol. The Bertz CT molecular complexity index is 1160. The lowest BCUT2D eigenvalue weighted by Gasteiger charge is -2.08. The van der Waals surface area contributed by atoms with E-state index in [0.717, 1.165) is 6.07 Å². The van der Waals surface area contributed by atoms with E-state index >= 15 is 0 Å². The van der Waals surface area contributed by atoms with Crippen molar-refractivity contribution in [2.75, 3.05) is 18.5 Å². The number of halogens is 3. The number of hydrogen-bond donors (Lipinski definition) is 2. The van der Waals surface area contributed by atoms with Gasteiger partial charge < -0.3 is 19.8 Å². The Kier molecular flexibility index (Phi) is 6.88. The normalized spacial score (nSPS) is 10.5. The molecule has 0 unspecified atom stereocenters. The highest BCUT2D eigenvalue weighted by atomic mass is 19.2. The van der Waals surface area contributed by atoms with Crippen LogP contribution in [0.2, 0.25) is 0 Å². The first-order valence-corrected chi connectivity index (χ1v) is 9.16. The highest BCUT2D eigenvalue weighted by molar-refractivity contribution is 5.95. The number of hydrogen-bond acceptors (Lipinski definition) is 6. The lowest BCUT2D eigenvalue weighted by atomic mass is 10.2. The quantitative estimate of drug-likeness (QED) is 0.426. The number of anilines is 1. The molecule has 1 heterocycles. The molecule has 11 heteroatoms. The first-order valence-electron chi connectivity index (χ1n) is 9.16. The third-order valence-electron chi connectivity index (χ3n) is 4.10. The number of aromatic nitrogens is 1. The van der Waals surface area contributed by atoms with Crippen LogP contribution < -0.4 is 10.6 Å². The van der Waals surface area contributed by atoms with E-state index < -0.39 is 54.1 Å². The SMILES string of the molecule is Cc1oc(-c2ccccc2)nc1C(=O)OCC(=O)NCC(=O)Nc1ccc(F)c(F)c1F. The molecule has 0 fully saturated rings. The second-order valence-corrected chi connectivity index (χ2v) is 6.41. The summed E-state index contributed by atoms with van der Waals surface area (Å²) in [7, 11) is 0. The minimum absolute atomic E-state index is 0.108. The molecule has 2 aromatic carbocycles. The predicted molar refractivity (Wildman–Crippen MR) is 105 cm³/mol. The van der Waals surface area contributed by atoms with Gasteiger partial charge in [0.2, 0.25) is 11.8 Å². The van der Waals surface area contributed by atoms with Gasteiger partial charge in [-0.25, -0.2) is 22.9 Å². The summed E-state index contributed by atoms with van der Waals surface area (Å²) < 4.78 is 49.9. The lowest BCUT2D eigenvalue weighted by molar-refractivity contribution is -0.126. The van der Waals surface area contributed by atoms with Crippen LogP contribution in [-0.4, -0.2) is 35.9 Å². The molecule has 1 aromatic heterocycles. The van der Waals surface area contributed by atoms with Crippen LogP contribution in [0.4, 0.5) is 18.9 Å². The van der Waals surface area contributed by atoms with Crippen LogP contribution in [-0.2, 0) is 14.3 Å². The molecule has 32 heavy (non-hydrogen) atoms. The number of amides is 2. The van der Waals surface area contributed by atoms with Crippen LogP contribution in [0.25, 0.3) is 11.5 Å². The fourth-order valence-corrected chi connectivity index (χ4v) is 2.54. The Morgan fingerprint density at radius 1 is 1.00 bits per heavy atom. The van der Waals surface area contributed by atoms with Gasteiger partial charge in [-0.2, -0.15) is 0 Å². The van der Waals surface area contributed by atoms with Gasteiger partial charge in [0.1, 0.15) is 5.76 Å². The Hall–Kier alpha value is -4.15. The largest absolute Gasteiger partial charge is 0.451 e. The van der Waals surface area contributed by atoms with Gasteiger partial charge in [-0.1, -0.05) is 18.2 Å². The molecule has 3 rings (SSSR count). The summed E-state index contributed by atoms with van der Waals surface area (Å²) in [6.07, 6.45) is 0. The maximum absolute atomic E-state index is 13.5. The highest BCUT2D eigenvalue weighted by Crippen LogP contribution is 2.22. The monoisotopic (exact) mass is 447 g/mol. The summed E-state index contributed by atoms with van der Waals surface area (Å²) in [4.78, 5) is 39.8. The molecule has 0 saturated carbocycles. The van der Waals surface area contributed by atoms with Crippen molar-refractivity contribution in [1.82, 2.24) is 10.3 Å². The van der Waals surface area contributed by atoms with Crippen LogP contribution >= 0.6 is 0 Å². The van der Waals surface area contributed by atoms with E-state index in [-0.39, 0.29) is 17.3 Å². The molecular weight excluding hydrogens is 431 g/mol. The van der Waals surface area contributed by atoms with E-state index in [1.165, 1.54) is 6.92 Å². The third kappa shape index (κ3) is 5.31. The molecule has 2 N–H and O–H groups in total. The number of carbonyl (C=O) groups excluding carboxylic acids is 3.